The van der Waals surface area contributed by atoms with Gasteiger partial charge in [-0.25, -0.2) is 9.78 Å². The van der Waals surface area contributed by atoms with Gasteiger partial charge in [0.2, 0.25) is 0 Å². The summed E-state index contributed by atoms with van der Waals surface area (Å²) in [7, 11) is 1.56. The minimum Gasteiger partial charge on any atom is -0.528 e. The fourth-order valence-electron chi connectivity index (χ4n) is 5.21. The molecule has 0 bridgehead atoms. The number of rotatable bonds is 9. The van der Waals surface area contributed by atoms with Gasteiger partial charge in [0, 0.05) is 16.0 Å². The van der Waals surface area contributed by atoms with Crippen molar-refractivity contribution in [3.8, 4) is 34.3 Å². The molecular weight excluding hydrogens is 592 g/mol. The fourth-order valence-corrected chi connectivity index (χ4v) is 6.29. The summed E-state index contributed by atoms with van der Waals surface area (Å²) in [6.45, 7) is 3.63. The lowest BCUT2D eigenvalue weighted by Gasteiger charge is -2.13. The Hall–Kier alpha value is -5.29. The third-order valence-corrected chi connectivity index (χ3v) is 8.80. The van der Waals surface area contributed by atoms with Gasteiger partial charge in [-0.15, -0.1) is 11.3 Å². The first-order chi connectivity index (χ1) is 21.3. The molecule has 0 amide bonds. The Morgan fingerprint density at radius 2 is 1.73 bits per heavy atom. The van der Waals surface area contributed by atoms with E-state index in [1.54, 1.807) is 29.9 Å². The van der Waals surface area contributed by atoms with Crippen LogP contribution in [0.15, 0.2) is 86.9 Å². The lowest BCUT2D eigenvalue weighted by molar-refractivity contribution is -0.303. The van der Waals surface area contributed by atoms with Gasteiger partial charge in [-0.05, 0) is 59.9 Å². The van der Waals surface area contributed by atoms with E-state index in [-0.39, 0.29) is 32.1 Å². The van der Waals surface area contributed by atoms with Crippen LogP contribution >= 0.6 is 11.3 Å². The summed E-state index contributed by atoms with van der Waals surface area (Å²) in [6.07, 6.45) is -0.0526. The molecule has 0 atom stereocenters. The molecule has 0 radical (unpaired) electrons. The SMILES string of the molecule is C.CCc1cc2c(=O)n(CC(=O)c3ccc(OC)c(C)c3)c(=O)n(Cc3ccc(-c4ccccc4-c4noc([O-])n4)cc3)c2s1. The number of aromatic nitrogens is 4. The molecule has 6 rings (SSSR count). The van der Waals surface area contributed by atoms with Crippen LogP contribution in [0.2, 0.25) is 0 Å². The van der Waals surface area contributed by atoms with Gasteiger partial charge in [-0.3, -0.25) is 18.7 Å². The number of nitrogens with zero attached hydrogens (tertiary/aromatic N) is 4. The summed E-state index contributed by atoms with van der Waals surface area (Å²) in [5.74, 6) is 0.504. The maximum atomic E-state index is 13.8. The van der Waals surface area contributed by atoms with Crippen molar-refractivity contribution in [1.82, 2.24) is 19.3 Å². The van der Waals surface area contributed by atoms with E-state index < -0.39 is 17.3 Å². The van der Waals surface area contributed by atoms with E-state index in [0.29, 0.717) is 33.5 Å². The maximum Gasteiger partial charge on any atom is 0.332 e. The minimum atomic E-state index is -0.760. The van der Waals surface area contributed by atoms with Crippen molar-refractivity contribution in [2.24, 2.45) is 0 Å². The number of benzene rings is 3. The maximum absolute atomic E-state index is 13.8. The molecule has 0 aliphatic rings. The molecule has 0 aliphatic carbocycles. The van der Waals surface area contributed by atoms with Crippen molar-refractivity contribution in [1.29, 1.82) is 0 Å². The molecule has 3 heterocycles. The molecule has 0 N–H and O–H groups in total. The largest absolute Gasteiger partial charge is 0.528 e. The van der Waals surface area contributed by atoms with E-state index in [1.807, 2.05) is 68.4 Å². The molecule has 0 spiro atoms. The van der Waals surface area contributed by atoms with Gasteiger partial charge in [-0.1, -0.05) is 62.9 Å². The van der Waals surface area contributed by atoms with Crippen molar-refractivity contribution in [3.05, 3.63) is 115 Å². The summed E-state index contributed by atoms with van der Waals surface area (Å²) in [4.78, 5) is 46.0. The molecule has 3 aromatic heterocycles. The van der Waals surface area contributed by atoms with Crippen molar-refractivity contribution < 1.29 is 19.2 Å². The van der Waals surface area contributed by atoms with Crippen LogP contribution in [0.4, 0.5) is 0 Å². The number of Topliss-reactive ketones (excluding diaryl/α,β-unsaturated/α-hetero) is 1. The van der Waals surface area contributed by atoms with E-state index >= 15 is 0 Å². The normalized spacial score (nSPS) is 11.0. The summed E-state index contributed by atoms with van der Waals surface area (Å²) in [6, 6.07) is 21.9. The Morgan fingerprint density at radius 3 is 2.38 bits per heavy atom. The minimum absolute atomic E-state index is 0. The lowest BCUT2D eigenvalue weighted by atomic mass is 9.98. The molecule has 3 aromatic carbocycles. The van der Waals surface area contributed by atoms with Gasteiger partial charge >= 0.3 is 5.69 Å². The second kappa shape index (κ2) is 12.7. The first-order valence-corrected chi connectivity index (χ1v) is 14.7. The highest BCUT2D eigenvalue weighted by Crippen LogP contribution is 2.31. The average Bonchev–Trinajstić information content (AvgIpc) is 3.68. The number of fused-ring (bicyclic) bond motifs is 1. The molecule has 45 heavy (non-hydrogen) atoms. The molecule has 0 fully saturated rings. The Labute approximate surface area is 262 Å². The number of carbonyl (C=O) groups excluding carboxylic acids is 1. The van der Waals surface area contributed by atoms with Gasteiger partial charge in [0.1, 0.15) is 10.6 Å². The van der Waals surface area contributed by atoms with Crippen LogP contribution < -0.4 is 21.1 Å². The van der Waals surface area contributed by atoms with Gasteiger partial charge in [-0.2, -0.15) is 5.16 Å². The van der Waals surface area contributed by atoms with Crippen LogP contribution in [-0.4, -0.2) is 32.2 Å². The van der Waals surface area contributed by atoms with Crippen LogP contribution in [-0.2, 0) is 19.5 Å². The van der Waals surface area contributed by atoms with E-state index in [1.165, 1.54) is 11.3 Å². The highest BCUT2D eigenvalue weighted by molar-refractivity contribution is 7.18. The molecule has 230 valence electrons. The van der Waals surface area contributed by atoms with Crippen molar-refractivity contribution in [2.45, 2.75) is 40.8 Å². The molecule has 0 aliphatic heterocycles. The van der Waals surface area contributed by atoms with Crippen LogP contribution in [0.3, 0.4) is 0 Å². The van der Waals surface area contributed by atoms with Gasteiger partial charge < -0.3 is 14.4 Å². The van der Waals surface area contributed by atoms with Crippen LogP contribution in [0.1, 0.15) is 40.7 Å². The first kappa shape index (κ1) is 31.1. The van der Waals surface area contributed by atoms with Crippen molar-refractivity contribution in [3.63, 3.8) is 0 Å². The van der Waals surface area contributed by atoms with Crippen LogP contribution in [0.5, 0.6) is 11.8 Å². The summed E-state index contributed by atoms with van der Waals surface area (Å²) < 4.78 is 12.5. The molecule has 10 nitrogen and oxygen atoms in total. The number of aryl methyl sites for hydroxylation is 2. The third-order valence-electron chi connectivity index (χ3n) is 7.49. The predicted molar refractivity (Wildman–Crippen MR) is 172 cm³/mol. The Kier molecular flexibility index (Phi) is 8.82. The quantitative estimate of drug-likeness (QED) is 0.194. The molecule has 0 saturated carbocycles. The summed E-state index contributed by atoms with van der Waals surface area (Å²) >= 11 is 1.41. The number of ketones is 1. The predicted octanol–water partition coefficient (Wildman–Crippen LogP) is 5.46. The number of ether oxygens (including phenoxy) is 1. The molecular formula is C34H31N4O6S-. The topological polar surface area (TPSA) is 132 Å². The molecule has 0 saturated heterocycles. The van der Waals surface area contributed by atoms with Crippen molar-refractivity contribution >= 4 is 27.3 Å². The highest BCUT2D eigenvalue weighted by atomic mass is 32.1. The van der Waals surface area contributed by atoms with Gasteiger partial charge in [0.25, 0.3) is 5.56 Å². The standard InChI is InChI=1S/C33H28N4O6S.CH4/c1-4-23-16-26-30(39)36(18-27(38)22-13-14-28(42-3)19(2)15-22)33(41)37(31(26)44-23)17-20-9-11-21(12-10-20)24-7-5-6-8-25(24)29-34-32(40)43-35-29;/h5-16H,4,17-18H2,1-3H3,(H,34,35,40);1H4/p-1. The number of thiophene rings is 1. The fraction of sp³-hybridized carbons (Fsp3) is 0.206. The number of methoxy groups -OCH3 is 1. The average molecular weight is 624 g/mol. The second-order valence-corrected chi connectivity index (χ2v) is 11.4. The Balaban J connectivity index is 0.00000400. The molecule has 0 unspecified atom stereocenters. The van der Waals surface area contributed by atoms with E-state index in [0.717, 1.165) is 31.7 Å². The second-order valence-electron chi connectivity index (χ2n) is 10.3. The molecule has 11 heteroatoms. The third kappa shape index (κ3) is 5.94. The highest BCUT2D eigenvalue weighted by Gasteiger charge is 2.20. The Bertz CT molecular complexity index is 2140. The number of hydrogen-bond donors (Lipinski definition) is 0. The number of carbonyl (C=O) groups is 1. The first-order valence-electron chi connectivity index (χ1n) is 13.9. The monoisotopic (exact) mass is 623 g/mol. The smallest absolute Gasteiger partial charge is 0.332 e. The van der Waals surface area contributed by atoms with Gasteiger partial charge in [0.05, 0.1) is 25.6 Å². The molecule has 6 aromatic rings. The number of hydrogen-bond acceptors (Lipinski definition) is 9. The zero-order valence-electron chi connectivity index (χ0n) is 24.2. The van der Waals surface area contributed by atoms with E-state index in [4.69, 9.17) is 4.74 Å². The van der Waals surface area contributed by atoms with E-state index in [9.17, 15) is 19.5 Å². The zero-order chi connectivity index (χ0) is 31.0. The van der Waals surface area contributed by atoms with Crippen LogP contribution in [0.25, 0.3) is 32.7 Å². The Morgan fingerprint density at radius 1 is 1.00 bits per heavy atom. The summed E-state index contributed by atoms with van der Waals surface area (Å²) in [5.41, 5.74) is 3.28. The van der Waals surface area contributed by atoms with Gasteiger partial charge in [0.15, 0.2) is 17.7 Å². The zero-order valence-corrected chi connectivity index (χ0v) is 25.0. The van der Waals surface area contributed by atoms with Crippen LogP contribution in [0, 0.1) is 6.92 Å². The lowest BCUT2D eigenvalue weighted by Crippen LogP contribution is -2.41. The van der Waals surface area contributed by atoms with Crippen molar-refractivity contribution in [2.75, 3.05) is 7.11 Å². The summed E-state index contributed by atoms with van der Waals surface area (Å²) in [5, 5.41) is 15.7. The van der Waals surface area contributed by atoms with E-state index in [2.05, 4.69) is 14.7 Å².